The molecule has 118 valence electrons. The van der Waals surface area contributed by atoms with E-state index in [2.05, 4.69) is 4.98 Å². The Hall–Kier alpha value is -2.90. The Balaban J connectivity index is 2.50. The summed E-state index contributed by atoms with van der Waals surface area (Å²) in [6.07, 6.45) is 0. The zero-order valence-corrected chi connectivity index (χ0v) is 13.6. The molecular formula is C19H13ClFN3. The molecule has 0 fully saturated rings. The van der Waals surface area contributed by atoms with E-state index in [1.54, 1.807) is 13.0 Å². The molecule has 1 aromatic heterocycles. The Bertz CT molecular complexity index is 942. The van der Waals surface area contributed by atoms with Crippen LogP contribution in [0.4, 0.5) is 10.2 Å². The lowest BCUT2D eigenvalue weighted by Gasteiger charge is -2.17. The van der Waals surface area contributed by atoms with Gasteiger partial charge in [0.2, 0.25) is 0 Å². The first-order valence-corrected chi connectivity index (χ1v) is 7.62. The summed E-state index contributed by atoms with van der Waals surface area (Å²) in [4.78, 5) is 4.26. The number of halogens is 2. The van der Waals surface area contributed by atoms with Gasteiger partial charge in [-0.3, -0.25) is 0 Å². The van der Waals surface area contributed by atoms with Gasteiger partial charge in [0.25, 0.3) is 0 Å². The van der Waals surface area contributed by atoms with Crippen molar-refractivity contribution >= 4 is 17.4 Å². The van der Waals surface area contributed by atoms with E-state index in [1.807, 2.05) is 36.4 Å². The van der Waals surface area contributed by atoms with Gasteiger partial charge in [-0.05, 0) is 24.6 Å². The van der Waals surface area contributed by atoms with Gasteiger partial charge >= 0.3 is 0 Å². The number of rotatable bonds is 2. The van der Waals surface area contributed by atoms with Crippen molar-refractivity contribution in [2.75, 3.05) is 5.73 Å². The highest BCUT2D eigenvalue weighted by atomic mass is 35.5. The molecule has 3 rings (SSSR count). The van der Waals surface area contributed by atoms with Crippen molar-refractivity contribution in [1.29, 1.82) is 5.26 Å². The minimum atomic E-state index is -0.513. The molecule has 0 amide bonds. The number of nitrogens with two attached hydrogens (primary N) is 1. The van der Waals surface area contributed by atoms with Gasteiger partial charge in [0.15, 0.2) is 0 Å². The quantitative estimate of drug-likeness (QED) is 0.718. The highest BCUT2D eigenvalue weighted by Gasteiger charge is 2.23. The second kappa shape index (κ2) is 6.31. The van der Waals surface area contributed by atoms with Crippen molar-refractivity contribution in [2.45, 2.75) is 6.92 Å². The second-order valence-electron chi connectivity index (χ2n) is 5.28. The van der Waals surface area contributed by atoms with E-state index in [-0.39, 0.29) is 22.0 Å². The number of pyridine rings is 1. The van der Waals surface area contributed by atoms with E-state index < -0.39 is 5.82 Å². The summed E-state index contributed by atoms with van der Waals surface area (Å²) in [6, 6.07) is 15.8. The topological polar surface area (TPSA) is 62.7 Å². The number of hydrogen-bond donors (Lipinski definition) is 1. The van der Waals surface area contributed by atoms with Crippen LogP contribution in [0.2, 0.25) is 5.02 Å². The molecular weight excluding hydrogens is 325 g/mol. The number of benzene rings is 2. The van der Waals surface area contributed by atoms with Crippen LogP contribution in [-0.2, 0) is 0 Å². The molecule has 0 radical (unpaired) electrons. The monoisotopic (exact) mass is 337 g/mol. The lowest BCUT2D eigenvalue weighted by atomic mass is 9.90. The molecule has 0 aliphatic heterocycles. The second-order valence-corrected chi connectivity index (χ2v) is 5.69. The van der Waals surface area contributed by atoms with E-state index in [0.717, 1.165) is 5.56 Å². The van der Waals surface area contributed by atoms with Crippen LogP contribution in [0.25, 0.3) is 22.3 Å². The summed E-state index contributed by atoms with van der Waals surface area (Å²) in [5, 5.41) is 9.79. The van der Waals surface area contributed by atoms with Gasteiger partial charge < -0.3 is 5.73 Å². The van der Waals surface area contributed by atoms with E-state index in [1.165, 1.54) is 12.1 Å². The molecule has 0 spiro atoms. The van der Waals surface area contributed by atoms with E-state index in [0.29, 0.717) is 16.8 Å². The summed E-state index contributed by atoms with van der Waals surface area (Å²) in [6.45, 7) is 1.78. The Kier molecular flexibility index (Phi) is 4.20. The zero-order chi connectivity index (χ0) is 17.3. The van der Waals surface area contributed by atoms with Gasteiger partial charge in [0, 0.05) is 22.4 Å². The van der Waals surface area contributed by atoms with Crippen LogP contribution in [0, 0.1) is 24.1 Å². The fraction of sp³-hybridized carbons (Fsp3) is 0.0526. The number of anilines is 1. The molecule has 0 aliphatic rings. The molecule has 0 saturated heterocycles. The standard InChI is InChI=1S/C19H13ClFN3/c1-11-16(12-6-3-2-4-7-12)17(13(10-22)19(23)24-11)18-14(20)8-5-9-15(18)21/h2-9H,1H3,(H2,23,24). The zero-order valence-electron chi connectivity index (χ0n) is 12.8. The fourth-order valence-electron chi connectivity index (χ4n) is 2.78. The lowest BCUT2D eigenvalue weighted by molar-refractivity contribution is 0.631. The number of nitrogen functional groups attached to an aromatic ring is 1. The minimum absolute atomic E-state index is 0.0593. The molecule has 0 unspecified atom stereocenters. The van der Waals surface area contributed by atoms with Gasteiger partial charge in [-0.2, -0.15) is 5.26 Å². The van der Waals surface area contributed by atoms with Gasteiger partial charge in [-0.25, -0.2) is 9.37 Å². The van der Waals surface area contributed by atoms with Crippen molar-refractivity contribution in [3.05, 3.63) is 70.6 Å². The van der Waals surface area contributed by atoms with E-state index in [9.17, 15) is 9.65 Å². The first-order chi connectivity index (χ1) is 11.5. The summed E-state index contributed by atoms with van der Waals surface area (Å²) in [7, 11) is 0. The highest BCUT2D eigenvalue weighted by molar-refractivity contribution is 6.33. The highest BCUT2D eigenvalue weighted by Crippen LogP contribution is 2.42. The maximum atomic E-state index is 14.6. The maximum Gasteiger partial charge on any atom is 0.142 e. The van der Waals surface area contributed by atoms with Crippen molar-refractivity contribution in [3.63, 3.8) is 0 Å². The molecule has 2 N–H and O–H groups in total. The predicted octanol–water partition coefficient (Wildman–Crippen LogP) is 4.97. The number of nitriles is 1. The van der Waals surface area contributed by atoms with Crippen molar-refractivity contribution < 1.29 is 4.39 Å². The molecule has 3 aromatic rings. The summed E-state index contributed by atoms with van der Waals surface area (Å²) >= 11 is 6.25. The Morgan fingerprint density at radius 2 is 1.75 bits per heavy atom. The molecule has 0 aliphatic carbocycles. The third kappa shape index (κ3) is 2.60. The van der Waals surface area contributed by atoms with Crippen LogP contribution >= 0.6 is 11.6 Å². The van der Waals surface area contributed by atoms with Crippen LogP contribution in [0.3, 0.4) is 0 Å². The van der Waals surface area contributed by atoms with Gasteiger partial charge in [0.05, 0.1) is 5.02 Å². The fourth-order valence-corrected chi connectivity index (χ4v) is 3.04. The molecule has 5 heteroatoms. The molecule has 1 heterocycles. The van der Waals surface area contributed by atoms with Crippen LogP contribution < -0.4 is 5.73 Å². The number of nitrogens with zero attached hydrogens (tertiary/aromatic N) is 2. The van der Waals surface area contributed by atoms with E-state index in [4.69, 9.17) is 17.3 Å². The largest absolute Gasteiger partial charge is 0.383 e. The summed E-state index contributed by atoms with van der Waals surface area (Å²) in [5.74, 6) is -0.454. The lowest BCUT2D eigenvalue weighted by Crippen LogP contribution is -2.04. The van der Waals surface area contributed by atoms with Gasteiger partial charge in [-0.1, -0.05) is 48.0 Å². The molecule has 2 aromatic carbocycles. The molecule has 0 saturated carbocycles. The van der Waals surface area contributed by atoms with Crippen molar-refractivity contribution in [2.24, 2.45) is 0 Å². The SMILES string of the molecule is Cc1nc(N)c(C#N)c(-c2c(F)cccc2Cl)c1-c1ccccc1. The Morgan fingerprint density at radius 3 is 2.38 bits per heavy atom. The third-order valence-corrected chi connectivity index (χ3v) is 4.11. The van der Waals surface area contributed by atoms with Crippen molar-refractivity contribution in [1.82, 2.24) is 4.98 Å². The normalized spacial score (nSPS) is 10.4. The number of aryl methyl sites for hydroxylation is 1. The van der Waals surface area contributed by atoms with E-state index >= 15 is 0 Å². The first kappa shape index (κ1) is 16.0. The van der Waals surface area contributed by atoms with Crippen LogP contribution in [0.15, 0.2) is 48.5 Å². The third-order valence-electron chi connectivity index (χ3n) is 3.79. The minimum Gasteiger partial charge on any atom is -0.383 e. The van der Waals surface area contributed by atoms with Crippen LogP contribution in [0.5, 0.6) is 0 Å². The number of hydrogen-bond acceptors (Lipinski definition) is 3. The number of aromatic nitrogens is 1. The Labute approximate surface area is 144 Å². The predicted molar refractivity (Wildman–Crippen MR) is 93.9 cm³/mol. The van der Waals surface area contributed by atoms with Gasteiger partial charge in [-0.15, -0.1) is 0 Å². The smallest absolute Gasteiger partial charge is 0.142 e. The van der Waals surface area contributed by atoms with Gasteiger partial charge in [0.1, 0.15) is 23.3 Å². The first-order valence-electron chi connectivity index (χ1n) is 7.24. The molecule has 3 nitrogen and oxygen atoms in total. The average molecular weight is 338 g/mol. The summed E-state index contributed by atoms with van der Waals surface area (Å²) < 4.78 is 14.6. The van der Waals surface area contributed by atoms with Crippen LogP contribution in [-0.4, -0.2) is 4.98 Å². The molecule has 0 bridgehead atoms. The molecule has 0 atom stereocenters. The van der Waals surface area contributed by atoms with Crippen LogP contribution in [0.1, 0.15) is 11.3 Å². The van der Waals surface area contributed by atoms with Crippen molar-refractivity contribution in [3.8, 4) is 28.3 Å². The Morgan fingerprint density at radius 1 is 1.04 bits per heavy atom. The average Bonchev–Trinajstić information content (AvgIpc) is 2.55. The maximum absolute atomic E-state index is 14.6. The molecule has 24 heavy (non-hydrogen) atoms. The summed E-state index contributed by atoms with van der Waals surface area (Å²) in [5.41, 5.74) is 8.63.